The first kappa shape index (κ1) is 21.2. The zero-order valence-corrected chi connectivity index (χ0v) is 19.3. The van der Waals surface area contributed by atoms with Gasteiger partial charge in [0, 0.05) is 31.8 Å². The van der Waals surface area contributed by atoms with Crippen molar-refractivity contribution in [3.63, 3.8) is 0 Å². The predicted molar refractivity (Wildman–Crippen MR) is 125 cm³/mol. The minimum absolute atomic E-state index is 0.0165. The maximum absolute atomic E-state index is 11.4. The highest BCUT2D eigenvalue weighted by atomic mass is 32.2. The molecule has 2 aliphatic heterocycles. The van der Waals surface area contributed by atoms with Gasteiger partial charge in [0.05, 0.1) is 34.2 Å². The van der Waals surface area contributed by atoms with Gasteiger partial charge in [-0.25, -0.2) is 8.42 Å². The number of sulfonamides is 1. The summed E-state index contributed by atoms with van der Waals surface area (Å²) in [5.74, 6) is 2.16. The van der Waals surface area contributed by atoms with E-state index in [1.165, 1.54) is 5.56 Å². The average Bonchev–Trinajstić information content (AvgIpc) is 3.29. The van der Waals surface area contributed by atoms with E-state index in [2.05, 4.69) is 26.7 Å². The van der Waals surface area contributed by atoms with Crippen LogP contribution in [0.1, 0.15) is 24.1 Å². The fourth-order valence-corrected chi connectivity index (χ4v) is 7.02. The minimum Gasteiger partial charge on any atom is -0.390 e. The summed E-state index contributed by atoms with van der Waals surface area (Å²) < 4.78 is 25.3. The Kier molecular flexibility index (Phi) is 5.32. The molecule has 3 aliphatic rings. The van der Waals surface area contributed by atoms with Crippen LogP contribution in [0.3, 0.4) is 0 Å². The van der Waals surface area contributed by atoms with Crippen LogP contribution in [0, 0.1) is 11.8 Å². The zero-order valence-electron chi connectivity index (χ0n) is 17.7. The Morgan fingerprint density at radius 2 is 1.84 bits per heavy atom. The Labute approximate surface area is 188 Å². The molecule has 2 saturated heterocycles. The van der Waals surface area contributed by atoms with E-state index in [1.807, 2.05) is 36.0 Å². The van der Waals surface area contributed by atoms with Crippen LogP contribution in [0.4, 0.5) is 5.69 Å². The first-order valence-corrected chi connectivity index (χ1v) is 13.7. The van der Waals surface area contributed by atoms with Gasteiger partial charge in [0.1, 0.15) is 0 Å². The van der Waals surface area contributed by atoms with E-state index in [1.54, 1.807) is 12.3 Å². The van der Waals surface area contributed by atoms with Crippen molar-refractivity contribution < 1.29 is 13.5 Å². The molecule has 3 heterocycles. The third-order valence-corrected chi connectivity index (χ3v) is 8.75. The second kappa shape index (κ2) is 7.76. The lowest BCUT2D eigenvalue weighted by Crippen LogP contribution is -2.35. The molecule has 1 aromatic heterocycles. The van der Waals surface area contributed by atoms with Gasteiger partial charge in [-0.1, -0.05) is 30.3 Å². The summed E-state index contributed by atoms with van der Waals surface area (Å²) in [6.07, 6.45) is 5.27. The first-order valence-electron chi connectivity index (χ1n) is 10.8. The van der Waals surface area contributed by atoms with Crippen LogP contribution in [0.2, 0.25) is 0 Å². The fraction of sp³-hybridized carbons (Fsp3) is 0.522. The van der Waals surface area contributed by atoms with Gasteiger partial charge in [0.2, 0.25) is 10.0 Å². The Morgan fingerprint density at radius 1 is 1.16 bits per heavy atom. The molecule has 1 aliphatic carbocycles. The molecular formula is C23H29N3O3S2. The smallest absolute Gasteiger partial charge is 0.229 e. The summed E-state index contributed by atoms with van der Waals surface area (Å²) in [5.41, 5.74) is 2.17. The highest BCUT2D eigenvalue weighted by Gasteiger charge is 2.53. The molecule has 0 amide bonds. The van der Waals surface area contributed by atoms with E-state index < -0.39 is 15.6 Å². The lowest BCUT2D eigenvalue weighted by molar-refractivity contribution is 0.0353. The second-order valence-electron chi connectivity index (χ2n) is 9.60. The second-order valence-corrected chi connectivity index (χ2v) is 12.7. The van der Waals surface area contributed by atoms with Crippen LogP contribution in [0.15, 0.2) is 48.7 Å². The number of thioether (sulfide) groups is 1. The van der Waals surface area contributed by atoms with Gasteiger partial charge >= 0.3 is 0 Å². The largest absolute Gasteiger partial charge is 0.390 e. The fourth-order valence-electron chi connectivity index (χ4n) is 5.51. The Morgan fingerprint density at radius 3 is 2.39 bits per heavy atom. The SMILES string of the molecule is CS(=O)(=O)Nc1ccc(C2(CN3C[C@@H]4C[C@@](O)(Cc5ccccc5)C[C@@H]4C3)CS2)nc1. The van der Waals surface area contributed by atoms with Crippen LogP contribution < -0.4 is 4.72 Å². The van der Waals surface area contributed by atoms with E-state index in [-0.39, 0.29) is 4.75 Å². The van der Waals surface area contributed by atoms with Crippen molar-refractivity contribution in [1.82, 2.24) is 9.88 Å². The lowest BCUT2D eigenvalue weighted by atomic mass is 9.91. The molecule has 166 valence electrons. The molecule has 3 fully saturated rings. The van der Waals surface area contributed by atoms with Crippen LogP contribution in [-0.4, -0.2) is 60.7 Å². The van der Waals surface area contributed by atoms with Crippen LogP contribution in [0.25, 0.3) is 0 Å². The van der Waals surface area contributed by atoms with Crippen molar-refractivity contribution in [2.45, 2.75) is 29.6 Å². The molecule has 2 N–H and O–H groups in total. The number of benzene rings is 1. The van der Waals surface area contributed by atoms with Crippen molar-refractivity contribution >= 4 is 27.5 Å². The van der Waals surface area contributed by atoms with Gasteiger partial charge in [-0.3, -0.25) is 9.71 Å². The van der Waals surface area contributed by atoms with E-state index in [0.717, 1.165) is 56.6 Å². The normalized spacial score (nSPS) is 32.7. The number of hydrogen-bond donors (Lipinski definition) is 2. The van der Waals surface area contributed by atoms with Crippen LogP contribution in [-0.2, 0) is 21.2 Å². The van der Waals surface area contributed by atoms with E-state index in [0.29, 0.717) is 17.5 Å². The van der Waals surface area contributed by atoms with Gasteiger partial charge in [-0.05, 0) is 42.4 Å². The first-order chi connectivity index (χ1) is 14.7. The quantitative estimate of drug-likeness (QED) is 0.620. The number of pyridine rings is 1. The van der Waals surface area contributed by atoms with Crippen LogP contribution in [0.5, 0.6) is 0 Å². The monoisotopic (exact) mass is 459 g/mol. The van der Waals surface area contributed by atoms with Gasteiger partial charge in [-0.15, -0.1) is 11.8 Å². The molecule has 2 aromatic rings. The highest BCUT2D eigenvalue weighted by molar-refractivity contribution is 8.07. The van der Waals surface area contributed by atoms with Crippen LogP contribution >= 0.6 is 11.8 Å². The summed E-state index contributed by atoms with van der Waals surface area (Å²) in [6.45, 7) is 3.04. The number of nitrogens with zero attached hydrogens (tertiary/aromatic N) is 2. The molecule has 8 heteroatoms. The number of nitrogens with one attached hydrogen (secondary N) is 1. The predicted octanol–water partition coefficient (Wildman–Crippen LogP) is 2.71. The van der Waals surface area contributed by atoms with Crippen molar-refractivity contribution in [3.05, 3.63) is 59.9 Å². The maximum atomic E-state index is 11.4. The number of fused-ring (bicyclic) bond motifs is 1. The standard InChI is InChI=1S/C23H29N3O3S2/c1-31(28,29)25-20-7-8-21(24-12-20)23(16-30-23)15-26-13-18-10-22(27,11-19(18)14-26)9-17-5-3-2-4-6-17/h2-8,12,18-19,25,27H,9-11,13-16H2,1H3/t18-,19+,22-,23?. The number of anilines is 1. The zero-order chi connectivity index (χ0) is 21.7. The Hall–Kier alpha value is -1.61. The number of aromatic nitrogens is 1. The third kappa shape index (κ3) is 4.77. The molecule has 31 heavy (non-hydrogen) atoms. The highest BCUT2D eigenvalue weighted by Crippen LogP contribution is 2.55. The lowest BCUT2D eigenvalue weighted by Gasteiger charge is -2.27. The van der Waals surface area contributed by atoms with Crippen molar-refractivity contribution in [2.75, 3.05) is 36.4 Å². The van der Waals surface area contributed by atoms with Gasteiger partial charge in [0.15, 0.2) is 0 Å². The van der Waals surface area contributed by atoms with Gasteiger partial charge < -0.3 is 10.0 Å². The molecule has 4 atom stereocenters. The van der Waals surface area contributed by atoms with Gasteiger partial charge in [0.25, 0.3) is 0 Å². The van der Waals surface area contributed by atoms with Crippen molar-refractivity contribution in [2.24, 2.45) is 11.8 Å². The number of likely N-dealkylation sites (tertiary alicyclic amines) is 1. The topological polar surface area (TPSA) is 82.5 Å². The molecule has 0 spiro atoms. The van der Waals surface area contributed by atoms with Crippen molar-refractivity contribution in [3.8, 4) is 0 Å². The maximum Gasteiger partial charge on any atom is 0.229 e. The molecule has 5 rings (SSSR count). The molecule has 0 radical (unpaired) electrons. The van der Waals surface area contributed by atoms with Crippen molar-refractivity contribution in [1.29, 1.82) is 0 Å². The molecular weight excluding hydrogens is 430 g/mol. The average molecular weight is 460 g/mol. The van der Waals surface area contributed by atoms with E-state index >= 15 is 0 Å². The summed E-state index contributed by atoms with van der Waals surface area (Å²) in [6, 6.07) is 14.1. The van der Waals surface area contributed by atoms with Gasteiger partial charge in [-0.2, -0.15) is 0 Å². The van der Waals surface area contributed by atoms with E-state index in [9.17, 15) is 13.5 Å². The Balaban J connectivity index is 1.19. The summed E-state index contributed by atoms with van der Waals surface area (Å²) in [5, 5.41) is 11.2. The molecule has 1 saturated carbocycles. The summed E-state index contributed by atoms with van der Waals surface area (Å²) in [4.78, 5) is 7.11. The summed E-state index contributed by atoms with van der Waals surface area (Å²) >= 11 is 1.91. The summed E-state index contributed by atoms with van der Waals surface area (Å²) in [7, 11) is -3.29. The number of rotatable bonds is 7. The molecule has 0 bridgehead atoms. The third-order valence-electron chi connectivity index (χ3n) is 6.82. The number of hydrogen-bond acceptors (Lipinski definition) is 6. The molecule has 1 unspecified atom stereocenters. The molecule has 6 nitrogen and oxygen atoms in total. The van der Waals surface area contributed by atoms with E-state index in [4.69, 9.17) is 0 Å². The minimum atomic E-state index is -3.29. The Bertz CT molecular complexity index is 1030. The molecule has 1 aromatic carbocycles. The number of aliphatic hydroxyl groups is 1.